The van der Waals surface area contributed by atoms with Gasteiger partial charge < -0.3 is 20.5 Å². The fourth-order valence-corrected chi connectivity index (χ4v) is 4.75. The highest BCUT2D eigenvalue weighted by atomic mass is 16.5. The fraction of sp³-hybridized carbons (Fsp3) is 0.405. The minimum Gasteiger partial charge on any atom is -0.494 e. The molecule has 1 aromatic heterocycles. The Morgan fingerprint density at radius 2 is 1.58 bits per heavy atom. The van der Waals surface area contributed by atoms with E-state index in [1.807, 2.05) is 69.3 Å². The quantitative estimate of drug-likeness (QED) is 0.0654. The van der Waals surface area contributed by atoms with Crippen molar-refractivity contribution in [2.24, 2.45) is 5.10 Å². The number of nitrogens with zero attached hydrogens (tertiary/aromatic N) is 4. The van der Waals surface area contributed by atoms with Crippen LogP contribution in [-0.4, -0.2) is 69.3 Å². The summed E-state index contributed by atoms with van der Waals surface area (Å²) in [6.07, 6.45) is 11.2. The average molecular weight is 657 g/mol. The number of carboxylic acids is 1. The van der Waals surface area contributed by atoms with Crippen LogP contribution in [0.15, 0.2) is 77.8 Å². The lowest BCUT2D eigenvalue weighted by Gasteiger charge is -2.30. The molecule has 48 heavy (non-hydrogen) atoms. The molecule has 3 aromatic rings. The monoisotopic (exact) mass is 656 g/mol. The lowest BCUT2D eigenvalue weighted by atomic mass is 10.0. The van der Waals surface area contributed by atoms with Crippen molar-refractivity contribution in [3.05, 3.63) is 78.3 Å². The first-order valence-corrected chi connectivity index (χ1v) is 16.3. The molecule has 2 amide bonds. The first-order valence-electron chi connectivity index (χ1n) is 16.3. The molecule has 0 radical (unpaired) electrons. The number of rotatable bonds is 18. The SMILES string of the molecule is C=NN(/C=C(\C)C(=O)N[C@@H](Cc1ccc(-c2ncc(-c3ccc(OCCCCCCC)cc3)cn2)cc1)C(=O)NCC(=O)O)C(C)(C)C. The number of carboxylic acid groups (broad SMARTS) is 1. The van der Waals surface area contributed by atoms with Gasteiger partial charge in [-0.2, -0.15) is 5.10 Å². The molecule has 1 atom stereocenters. The van der Waals surface area contributed by atoms with Gasteiger partial charge in [-0.3, -0.25) is 19.4 Å². The summed E-state index contributed by atoms with van der Waals surface area (Å²) in [6, 6.07) is 14.2. The van der Waals surface area contributed by atoms with Gasteiger partial charge in [0.25, 0.3) is 0 Å². The zero-order chi connectivity index (χ0) is 35.1. The van der Waals surface area contributed by atoms with E-state index < -0.39 is 35.9 Å². The fourth-order valence-electron chi connectivity index (χ4n) is 4.75. The highest BCUT2D eigenvalue weighted by Gasteiger charge is 2.24. The summed E-state index contributed by atoms with van der Waals surface area (Å²) in [4.78, 5) is 46.2. The Labute approximate surface area is 283 Å². The van der Waals surface area contributed by atoms with E-state index in [2.05, 4.69) is 39.3 Å². The largest absolute Gasteiger partial charge is 0.494 e. The van der Waals surface area contributed by atoms with E-state index in [-0.39, 0.29) is 6.42 Å². The van der Waals surface area contributed by atoms with Crippen molar-refractivity contribution >= 4 is 24.5 Å². The number of carbonyl (C=O) groups is 3. The molecule has 0 aliphatic rings. The number of amides is 2. The number of ether oxygens (including phenoxy) is 1. The Morgan fingerprint density at radius 1 is 0.958 bits per heavy atom. The van der Waals surface area contributed by atoms with Crippen LogP contribution < -0.4 is 15.4 Å². The van der Waals surface area contributed by atoms with Crippen LogP contribution in [0.3, 0.4) is 0 Å². The highest BCUT2D eigenvalue weighted by molar-refractivity contribution is 5.97. The molecular formula is C37H48N6O5. The Hall–Kier alpha value is -5.06. The number of hydrazone groups is 1. The van der Waals surface area contributed by atoms with E-state index in [4.69, 9.17) is 9.84 Å². The van der Waals surface area contributed by atoms with Crippen molar-refractivity contribution in [1.82, 2.24) is 25.6 Å². The predicted molar refractivity (Wildman–Crippen MR) is 188 cm³/mol. The lowest BCUT2D eigenvalue weighted by Crippen LogP contribution is -2.49. The third kappa shape index (κ3) is 11.9. The topological polar surface area (TPSA) is 146 Å². The summed E-state index contributed by atoms with van der Waals surface area (Å²) in [7, 11) is 0. The summed E-state index contributed by atoms with van der Waals surface area (Å²) in [6.45, 7) is 13.3. The van der Waals surface area contributed by atoms with E-state index in [9.17, 15) is 14.4 Å². The number of unbranched alkanes of at least 4 members (excludes halogenated alkanes) is 4. The second kappa shape index (κ2) is 18.3. The molecule has 3 N–H and O–H groups in total. The zero-order valence-electron chi connectivity index (χ0n) is 28.7. The van der Waals surface area contributed by atoms with Crippen LogP contribution in [-0.2, 0) is 20.8 Å². The Kier molecular flexibility index (Phi) is 14.3. The van der Waals surface area contributed by atoms with Crippen LogP contribution >= 0.6 is 0 Å². The molecule has 11 heteroatoms. The molecule has 0 aliphatic carbocycles. The number of nitrogens with one attached hydrogen (secondary N) is 2. The number of aliphatic carboxylic acids is 1. The van der Waals surface area contributed by atoms with Crippen molar-refractivity contribution in [1.29, 1.82) is 0 Å². The van der Waals surface area contributed by atoms with Crippen LogP contribution in [0.2, 0.25) is 0 Å². The number of carbonyl (C=O) groups excluding carboxylic acids is 2. The van der Waals surface area contributed by atoms with Gasteiger partial charge in [-0.15, -0.1) is 0 Å². The number of benzene rings is 2. The van der Waals surface area contributed by atoms with Crippen LogP contribution in [0.4, 0.5) is 0 Å². The summed E-state index contributed by atoms with van der Waals surface area (Å²) in [5, 5.41) is 19.6. The van der Waals surface area contributed by atoms with E-state index in [0.29, 0.717) is 18.0 Å². The van der Waals surface area contributed by atoms with Gasteiger partial charge in [0.15, 0.2) is 5.82 Å². The standard InChI is InChI=1S/C37H48N6O5/c1-7-8-9-10-11-20-48-31-18-16-28(17-19-31)30-22-39-34(40-23-30)29-14-12-27(13-15-29)21-32(36(47)41-24-33(44)45)42-35(46)26(2)25-43(38-6)37(3,4)5/h12-19,22-23,25,32H,6-11,20-21,24H2,1-5H3,(H,41,47)(H,42,46)(H,44,45)/b26-25+/t32-/m0/s1. The second-order valence-electron chi connectivity index (χ2n) is 12.6. The van der Waals surface area contributed by atoms with Crippen molar-refractivity contribution in [2.45, 2.75) is 84.7 Å². The molecule has 0 bridgehead atoms. The van der Waals surface area contributed by atoms with E-state index in [0.717, 1.165) is 34.4 Å². The molecule has 2 aromatic carbocycles. The van der Waals surface area contributed by atoms with E-state index in [1.165, 1.54) is 25.7 Å². The number of hydrogen-bond donors (Lipinski definition) is 3. The molecule has 3 rings (SSSR count). The Balaban J connectivity index is 1.66. The maximum Gasteiger partial charge on any atom is 0.322 e. The molecule has 0 spiro atoms. The third-order valence-corrected chi connectivity index (χ3v) is 7.56. The molecule has 0 saturated heterocycles. The molecule has 0 saturated carbocycles. The van der Waals surface area contributed by atoms with Gasteiger partial charge in [0, 0.05) is 48.4 Å². The van der Waals surface area contributed by atoms with Gasteiger partial charge in [-0.05, 0) is 57.4 Å². The normalized spacial score (nSPS) is 12.1. The maximum absolute atomic E-state index is 13.0. The zero-order valence-corrected chi connectivity index (χ0v) is 28.7. The smallest absolute Gasteiger partial charge is 0.322 e. The summed E-state index contributed by atoms with van der Waals surface area (Å²) >= 11 is 0. The molecule has 0 fully saturated rings. The molecule has 0 aliphatic heterocycles. The molecule has 256 valence electrons. The van der Waals surface area contributed by atoms with E-state index >= 15 is 0 Å². The first-order chi connectivity index (χ1) is 22.9. The average Bonchev–Trinajstić information content (AvgIpc) is 3.07. The second-order valence-corrected chi connectivity index (χ2v) is 12.6. The van der Waals surface area contributed by atoms with Crippen LogP contribution in [0.5, 0.6) is 5.75 Å². The Bertz CT molecular complexity index is 1530. The lowest BCUT2D eigenvalue weighted by molar-refractivity contribution is -0.138. The van der Waals surface area contributed by atoms with Crippen molar-refractivity contribution in [3.63, 3.8) is 0 Å². The maximum atomic E-state index is 13.0. The van der Waals surface area contributed by atoms with Gasteiger partial charge in [0.1, 0.15) is 18.3 Å². The third-order valence-electron chi connectivity index (χ3n) is 7.56. The Morgan fingerprint density at radius 3 is 2.17 bits per heavy atom. The van der Waals surface area contributed by atoms with E-state index in [1.54, 1.807) is 30.5 Å². The van der Waals surface area contributed by atoms with Crippen molar-refractivity contribution < 1.29 is 24.2 Å². The van der Waals surface area contributed by atoms with Gasteiger partial charge in [0.05, 0.1) is 12.1 Å². The summed E-state index contributed by atoms with van der Waals surface area (Å²) in [5.74, 6) is -0.909. The van der Waals surface area contributed by atoms with Gasteiger partial charge in [-0.25, -0.2) is 9.97 Å². The van der Waals surface area contributed by atoms with Gasteiger partial charge >= 0.3 is 5.97 Å². The molecule has 0 unspecified atom stereocenters. The van der Waals surface area contributed by atoms with Crippen LogP contribution in [0.1, 0.15) is 72.3 Å². The summed E-state index contributed by atoms with van der Waals surface area (Å²) in [5.41, 5.74) is 3.29. The number of hydrogen-bond acceptors (Lipinski definition) is 8. The summed E-state index contributed by atoms with van der Waals surface area (Å²) < 4.78 is 5.87. The van der Waals surface area contributed by atoms with Gasteiger partial charge in [0.2, 0.25) is 11.8 Å². The first kappa shape index (κ1) is 37.4. The highest BCUT2D eigenvalue weighted by Crippen LogP contribution is 2.24. The molecule has 11 nitrogen and oxygen atoms in total. The molecule has 1 heterocycles. The molecular weight excluding hydrogens is 608 g/mol. The minimum atomic E-state index is -1.19. The minimum absolute atomic E-state index is 0.131. The van der Waals surface area contributed by atoms with Gasteiger partial charge in [-0.1, -0.05) is 69.0 Å². The van der Waals surface area contributed by atoms with Crippen molar-refractivity contribution in [2.75, 3.05) is 13.2 Å². The predicted octanol–water partition coefficient (Wildman–Crippen LogP) is 6.01. The van der Waals surface area contributed by atoms with Crippen LogP contribution in [0.25, 0.3) is 22.5 Å². The van der Waals surface area contributed by atoms with Crippen LogP contribution in [0, 0.1) is 0 Å². The van der Waals surface area contributed by atoms with Crippen molar-refractivity contribution in [3.8, 4) is 28.3 Å². The number of aromatic nitrogens is 2.